The Bertz CT molecular complexity index is 710. The molecule has 5 N–H and O–H groups in total. The van der Waals surface area contributed by atoms with Crippen molar-refractivity contribution in [2.45, 2.75) is 5.66 Å². The summed E-state index contributed by atoms with van der Waals surface area (Å²) in [6, 6.07) is 4.73. The molecule has 128 valence electrons. The van der Waals surface area contributed by atoms with Crippen molar-refractivity contribution in [2.24, 2.45) is 16.5 Å². The number of nitrogens with two attached hydrogens (primary N) is 2. The summed E-state index contributed by atoms with van der Waals surface area (Å²) in [5.74, 6) is 0. The second-order valence-electron chi connectivity index (χ2n) is 6.06. The van der Waals surface area contributed by atoms with Crippen LogP contribution in [0, 0.1) is 10.1 Å². The molecule has 24 heavy (non-hydrogen) atoms. The van der Waals surface area contributed by atoms with E-state index in [0.717, 1.165) is 31.9 Å². The van der Waals surface area contributed by atoms with Crippen LogP contribution in [0.5, 0.6) is 0 Å². The molecule has 0 aliphatic carbocycles. The predicted molar refractivity (Wildman–Crippen MR) is 92.6 cm³/mol. The van der Waals surface area contributed by atoms with Gasteiger partial charge >= 0.3 is 0 Å². The summed E-state index contributed by atoms with van der Waals surface area (Å²) in [7, 11) is 2.07. The van der Waals surface area contributed by atoms with Crippen LogP contribution >= 0.6 is 0 Å². The van der Waals surface area contributed by atoms with Gasteiger partial charge in [0.25, 0.3) is 5.69 Å². The van der Waals surface area contributed by atoms with Gasteiger partial charge in [-0.25, -0.2) is 4.99 Å². The van der Waals surface area contributed by atoms with Crippen molar-refractivity contribution in [1.29, 1.82) is 0 Å². The molecule has 1 atom stereocenters. The fourth-order valence-electron chi connectivity index (χ4n) is 2.95. The van der Waals surface area contributed by atoms with E-state index in [1.807, 2.05) is 0 Å². The standard InChI is InChI=1S/C15H21N7O2/c1-20-4-6-21(7-5-20)13-3-2-11(22(23)24)8-12(13)15(17)14(16)9-18-10-19-15/h2-3,8-10H,4-7,16-17H2,1H3,(H,18,19). The SMILES string of the molecule is CN1CCN(c2ccc([N+](=O)[O-])cc2C2(N)NC=NC=C2N)CC1. The molecule has 1 unspecified atom stereocenters. The molecule has 1 aromatic rings. The maximum atomic E-state index is 11.2. The van der Waals surface area contributed by atoms with Gasteiger partial charge in [0.2, 0.25) is 0 Å². The molecule has 0 aromatic heterocycles. The van der Waals surface area contributed by atoms with E-state index in [4.69, 9.17) is 11.5 Å². The van der Waals surface area contributed by atoms with E-state index >= 15 is 0 Å². The molecule has 1 saturated heterocycles. The highest BCUT2D eigenvalue weighted by Crippen LogP contribution is 2.35. The van der Waals surface area contributed by atoms with Gasteiger partial charge in [-0.15, -0.1) is 0 Å². The summed E-state index contributed by atoms with van der Waals surface area (Å²) in [4.78, 5) is 19.1. The molecule has 2 aliphatic heterocycles. The fraction of sp³-hybridized carbons (Fsp3) is 0.400. The number of rotatable bonds is 3. The minimum atomic E-state index is -1.23. The first kappa shape index (κ1) is 16.2. The van der Waals surface area contributed by atoms with Crippen molar-refractivity contribution in [3.05, 3.63) is 45.8 Å². The molecule has 2 aliphatic rings. The molecular weight excluding hydrogens is 310 g/mol. The molecule has 9 heteroatoms. The highest BCUT2D eigenvalue weighted by atomic mass is 16.6. The van der Waals surface area contributed by atoms with Crippen LogP contribution in [-0.4, -0.2) is 49.4 Å². The second-order valence-corrected chi connectivity index (χ2v) is 6.06. The minimum Gasteiger partial charge on any atom is -0.397 e. The number of nitro groups is 1. The van der Waals surface area contributed by atoms with Crippen LogP contribution in [0.15, 0.2) is 35.1 Å². The number of hydrogen-bond acceptors (Lipinski definition) is 8. The number of anilines is 1. The number of nitrogens with one attached hydrogen (secondary N) is 1. The molecular formula is C15H21N7O2. The van der Waals surface area contributed by atoms with Crippen LogP contribution < -0.4 is 21.7 Å². The first-order valence-corrected chi connectivity index (χ1v) is 7.68. The van der Waals surface area contributed by atoms with E-state index in [1.165, 1.54) is 24.7 Å². The highest BCUT2D eigenvalue weighted by molar-refractivity contribution is 5.68. The highest BCUT2D eigenvalue weighted by Gasteiger charge is 2.36. The van der Waals surface area contributed by atoms with Crippen LogP contribution in [0.2, 0.25) is 0 Å². The average molecular weight is 331 g/mol. The molecule has 1 aromatic carbocycles. The first-order chi connectivity index (χ1) is 11.4. The van der Waals surface area contributed by atoms with E-state index in [9.17, 15) is 10.1 Å². The molecule has 0 saturated carbocycles. The monoisotopic (exact) mass is 331 g/mol. The van der Waals surface area contributed by atoms with Crippen LogP contribution in [0.1, 0.15) is 5.56 Å². The fourth-order valence-corrected chi connectivity index (χ4v) is 2.95. The number of nitrogens with zero attached hydrogens (tertiary/aromatic N) is 4. The molecule has 0 spiro atoms. The quantitative estimate of drug-likeness (QED) is 0.521. The second kappa shape index (κ2) is 6.10. The third kappa shape index (κ3) is 2.79. The summed E-state index contributed by atoms with van der Waals surface area (Å²) in [6.07, 6.45) is 2.91. The van der Waals surface area contributed by atoms with E-state index < -0.39 is 10.6 Å². The smallest absolute Gasteiger partial charge is 0.270 e. The van der Waals surface area contributed by atoms with Gasteiger partial charge in [-0.3, -0.25) is 15.8 Å². The minimum absolute atomic E-state index is 0.0233. The van der Waals surface area contributed by atoms with Gasteiger partial charge in [-0.2, -0.15) is 0 Å². The molecule has 0 bridgehead atoms. The maximum Gasteiger partial charge on any atom is 0.270 e. The Balaban J connectivity index is 2.07. The van der Waals surface area contributed by atoms with Crippen molar-refractivity contribution < 1.29 is 4.92 Å². The number of non-ortho nitro benzene ring substituents is 1. The Morgan fingerprint density at radius 3 is 2.67 bits per heavy atom. The van der Waals surface area contributed by atoms with Gasteiger partial charge < -0.3 is 20.9 Å². The van der Waals surface area contributed by atoms with Crippen molar-refractivity contribution in [3.8, 4) is 0 Å². The molecule has 1 fully saturated rings. The Kier molecular flexibility index (Phi) is 4.12. The molecule has 9 nitrogen and oxygen atoms in total. The zero-order valence-corrected chi connectivity index (χ0v) is 13.5. The number of hydrogen-bond donors (Lipinski definition) is 3. The molecule has 2 heterocycles. The lowest BCUT2D eigenvalue weighted by atomic mass is 9.93. The normalized spacial score (nSPS) is 24.4. The Morgan fingerprint density at radius 1 is 1.33 bits per heavy atom. The first-order valence-electron chi connectivity index (χ1n) is 7.68. The van der Waals surface area contributed by atoms with E-state index in [2.05, 4.69) is 27.2 Å². The van der Waals surface area contributed by atoms with Crippen LogP contribution in [-0.2, 0) is 5.66 Å². The third-order valence-electron chi connectivity index (χ3n) is 4.50. The van der Waals surface area contributed by atoms with Gasteiger partial charge in [0.15, 0.2) is 5.66 Å². The van der Waals surface area contributed by atoms with Crippen LogP contribution in [0.25, 0.3) is 0 Å². The molecule has 3 rings (SSSR count). The van der Waals surface area contributed by atoms with E-state index in [-0.39, 0.29) is 5.69 Å². The van der Waals surface area contributed by atoms with Gasteiger partial charge in [-0.1, -0.05) is 0 Å². The lowest BCUT2D eigenvalue weighted by Crippen LogP contribution is -2.56. The largest absolute Gasteiger partial charge is 0.397 e. The average Bonchev–Trinajstić information content (AvgIpc) is 2.58. The molecule has 0 radical (unpaired) electrons. The topological polar surface area (TPSA) is 126 Å². The van der Waals surface area contributed by atoms with Gasteiger partial charge in [0, 0.05) is 49.6 Å². The predicted octanol–water partition coefficient (Wildman–Crippen LogP) is -0.110. The van der Waals surface area contributed by atoms with Crippen LogP contribution in [0.4, 0.5) is 11.4 Å². The number of piperazine rings is 1. The van der Waals surface area contributed by atoms with E-state index in [0.29, 0.717) is 11.3 Å². The third-order valence-corrected chi connectivity index (χ3v) is 4.50. The Morgan fingerprint density at radius 2 is 2.04 bits per heavy atom. The Hall–Kier alpha value is -2.65. The summed E-state index contributed by atoms with van der Waals surface area (Å²) < 4.78 is 0. The zero-order chi connectivity index (χ0) is 17.3. The summed E-state index contributed by atoms with van der Waals surface area (Å²) in [5, 5.41) is 14.2. The van der Waals surface area contributed by atoms with Gasteiger partial charge in [0.1, 0.15) is 0 Å². The van der Waals surface area contributed by atoms with E-state index in [1.54, 1.807) is 6.07 Å². The summed E-state index contributed by atoms with van der Waals surface area (Å²) in [6.45, 7) is 3.45. The summed E-state index contributed by atoms with van der Waals surface area (Å²) in [5.41, 5.74) is 13.0. The lowest BCUT2D eigenvalue weighted by molar-refractivity contribution is -0.384. The number of aliphatic imine (C=N–C) groups is 1. The van der Waals surface area contributed by atoms with Crippen molar-refractivity contribution in [1.82, 2.24) is 10.2 Å². The zero-order valence-electron chi connectivity index (χ0n) is 13.5. The lowest BCUT2D eigenvalue weighted by Gasteiger charge is -2.39. The van der Waals surface area contributed by atoms with Crippen molar-refractivity contribution in [3.63, 3.8) is 0 Å². The number of likely N-dealkylation sites (N-methyl/N-ethyl adjacent to an activating group) is 1. The van der Waals surface area contributed by atoms with Crippen molar-refractivity contribution in [2.75, 3.05) is 38.1 Å². The number of benzene rings is 1. The van der Waals surface area contributed by atoms with Gasteiger partial charge in [0.05, 0.1) is 23.2 Å². The Labute approximate surface area is 139 Å². The number of nitro benzene ring substituents is 1. The maximum absolute atomic E-state index is 11.2. The van der Waals surface area contributed by atoms with Gasteiger partial charge in [-0.05, 0) is 13.1 Å². The molecule has 0 amide bonds. The van der Waals surface area contributed by atoms with Crippen LogP contribution in [0.3, 0.4) is 0 Å². The summed E-state index contributed by atoms with van der Waals surface area (Å²) >= 11 is 0. The van der Waals surface area contributed by atoms with Crippen molar-refractivity contribution >= 4 is 17.7 Å².